The Kier molecular flexibility index (Phi) is 5.82. The van der Waals surface area contributed by atoms with Gasteiger partial charge < -0.3 is 14.8 Å². The molecule has 0 saturated carbocycles. The minimum absolute atomic E-state index is 0.0370. The molecule has 1 aromatic heterocycles. The molecule has 4 rings (SSSR count). The number of nitrogens with zero attached hydrogens (tertiary/aromatic N) is 2. The van der Waals surface area contributed by atoms with Gasteiger partial charge in [-0.05, 0) is 24.6 Å². The summed E-state index contributed by atoms with van der Waals surface area (Å²) in [5, 5.41) is 3.75. The normalized spacial score (nSPS) is 16.7. The molecule has 1 unspecified atom stereocenters. The molecule has 1 N–H and O–H groups in total. The van der Waals surface area contributed by atoms with Gasteiger partial charge in [-0.15, -0.1) is 0 Å². The molecule has 2 amide bonds. The second-order valence-corrected chi connectivity index (χ2v) is 10.1. The summed E-state index contributed by atoms with van der Waals surface area (Å²) in [5.41, 5.74) is 2.49. The summed E-state index contributed by atoms with van der Waals surface area (Å²) in [6.45, 7) is 2.49. The van der Waals surface area contributed by atoms with Gasteiger partial charge in [-0.2, -0.15) is 0 Å². The van der Waals surface area contributed by atoms with E-state index in [2.05, 4.69) is 5.32 Å². The summed E-state index contributed by atoms with van der Waals surface area (Å²) >= 11 is 0. The van der Waals surface area contributed by atoms with E-state index in [0.29, 0.717) is 12.2 Å². The average Bonchev–Trinajstić information content (AvgIpc) is 3.12. The second-order valence-electron chi connectivity index (χ2n) is 7.83. The third-order valence-corrected chi connectivity index (χ3v) is 7.21. The maximum absolute atomic E-state index is 13.1. The summed E-state index contributed by atoms with van der Waals surface area (Å²) in [6, 6.07) is 18.7. The number of nitrogens with one attached hydrogen (secondary N) is 1. The average molecular weight is 440 g/mol. The SMILES string of the molecule is CC(NC(=O)c1cc2ccccc2n1Cc1ccccc1)C(=O)N1CCS(=O)(=O)CC1. The van der Waals surface area contributed by atoms with E-state index < -0.39 is 15.9 Å². The van der Waals surface area contributed by atoms with Crippen molar-refractivity contribution in [3.63, 3.8) is 0 Å². The van der Waals surface area contributed by atoms with Crippen molar-refractivity contribution in [1.82, 2.24) is 14.8 Å². The summed E-state index contributed by atoms with van der Waals surface area (Å²) < 4.78 is 25.2. The molecule has 2 heterocycles. The number of rotatable bonds is 5. The van der Waals surface area contributed by atoms with E-state index in [0.717, 1.165) is 16.5 Å². The van der Waals surface area contributed by atoms with E-state index in [4.69, 9.17) is 0 Å². The van der Waals surface area contributed by atoms with Crippen LogP contribution < -0.4 is 5.32 Å². The minimum Gasteiger partial charge on any atom is -0.339 e. The molecule has 0 radical (unpaired) electrons. The van der Waals surface area contributed by atoms with Crippen molar-refractivity contribution in [3.05, 3.63) is 71.9 Å². The van der Waals surface area contributed by atoms with E-state index in [1.54, 1.807) is 6.92 Å². The number of benzene rings is 2. The Hall–Kier alpha value is -3.13. The van der Waals surface area contributed by atoms with Crippen LogP contribution in [0.2, 0.25) is 0 Å². The Morgan fingerprint density at radius 3 is 2.35 bits per heavy atom. The molecule has 8 heteroatoms. The Bertz CT molecular complexity index is 1200. The molecule has 1 fully saturated rings. The molecular formula is C23H25N3O4S. The van der Waals surface area contributed by atoms with Gasteiger partial charge >= 0.3 is 0 Å². The number of para-hydroxylation sites is 1. The van der Waals surface area contributed by atoms with Gasteiger partial charge in [0.2, 0.25) is 5.91 Å². The Morgan fingerprint density at radius 1 is 1.00 bits per heavy atom. The summed E-state index contributed by atoms with van der Waals surface area (Å²) in [4.78, 5) is 27.4. The maximum Gasteiger partial charge on any atom is 0.268 e. The van der Waals surface area contributed by atoms with Gasteiger partial charge in [0.05, 0.1) is 11.5 Å². The molecule has 31 heavy (non-hydrogen) atoms. The third-order valence-electron chi connectivity index (χ3n) is 5.60. The third kappa shape index (κ3) is 4.64. The first-order valence-electron chi connectivity index (χ1n) is 10.3. The molecule has 3 aromatic rings. The second kappa shape index (κ2) is 8.55. The molecule has 1 aliphatic rings. The quantitative estimate of drug-likeness (QED) is 0.659. The predicted octanol–water partition coefficient (Wildman–Crippen LogP) is 2.06. The summed E-state index contributed by atoms with van der Waals surface area (Å²) in [7, 11) is -3.08. The lowest BCUT2D eigenvalue weighted by molar-refractivity contribution is -0.132. The highest BCUT2D eigenvalue weighted by Crippen LogP contribution is 2.21. The van der Waals surface area contributed by atoms with Gasteiger partial charge in [0, 0.05) is 30.5 Å². The fourth-order valence-corrected chi connectivity index (χ4v) is 5.08. The number of carbonyl (C=O) groups excluding carboxylic acids is 2. The van der Waals surface area contributed by atoms with Crippen molar-refractivity contribution in [2.24, 2.45) is 0 Å². The molecule has 2 aromatic carbocycles. The topological polar surface area (TPSA) is 88.5 Å². The van der Waals surface area contributed by atoms with Crippen LogP contribution in [-0.4, -0.2) is 60.3 Å². The highest BCUT2D eigenvalue weighted by Gasteiger charge is 2.29. The zero-order valence-corrected chi connectivity index (χ0v) is 18.1. The van der Waals surface area contributed by atoms with Crippen LogP contribution in [0.5, 0.6) is 0 Å². The molecule has 1 aliphatic heterocycles. The number of hydrogen-bond donors (Lipinski definition) is 1. The Labute approximate surface area is 181 Å². The summed E-state index contributed by atoms with van der Waals surface area (Å²) in [6.07, 6.45) is 0. The fraction of sp³-hybridized carbons (Fsp3) is 0.304. The number of sulfone groups is 1. The summed E-state index contributed by atoms with van der Waals surface area (Å²) in [5.74, 6) is -0.679. The van der Waals surface area contributed by atoms with E-state index >= 15 is 0 Å². The van der Waals surface area contributed by atoms with Gasteiger partial charge in [-0.25, -0.2) is 8.42 Å². The van der Waals surface area contributed by atoms with E-state index in [-0.39, 0.29) is 36.4 Å². The van der Waals surface area contributed by atoms with Crippen molar-refractivity contribution < 1.29 is 18.0 Å². The first kappa shape index (κ1) is 21.1. The van der Waals surface area contributed by atoms with Crippen molar-refractivity contribution in [1.29, 1.82) is 0 Å². The molecule has 0 aliphatic carbocycles. The predicted molar refractivity (Wildman–Crippen MR) is 120 cm³/mol. The number of fused-ring (bicyclic) bond motifs is 1. The van der Waals surface area contributed by atoms with Crippen molar-refractivity contribution >= 4 is 32.6 Å². The number of aromatic nitrogens is 1. The van der Waals surface area contributed by atoms with Crippen LogP contribution in [0.3, 0.4) is 0 Å². The number of carbonyl (C=O) groups is 2. The molecule has 0 spiro atoms. The molecule has 7 nitrogen and oxygen atoms in total. The van der Waals surface area contributed by atoms with Crippen LogP contribution >= 0.6 is 0 Å². The molecular weight excluding hydrogens is 414 g/mol. The van der Waals surface area contributed by atoms with Crippen LogP contribution in [0.15, 0.2) is 60.7 Å². The lowest BCUT2D eigenvalue weighted by Crippen LogP contribution is -2.51. The lowest BCUT2D eigenvalue weighted by atomic mass is 10.2. The molecule has 162 valence electrons. The Balaban J connectivity index is 1.54. The smallest absolute Gasteiger partial charge is 0.268 e. The highest BCUT2D eigenvalue weighted by molar-refractivity contribution is 7.91. The zero-order valence-electron chi connectivity index (χ0n) is 17.3. The van der Waals surface area contributed by atoms with Crippen LogP contribution in [0.25, 0.3) is 10.9 Å². The zero-order chi connectivity index (χ0) is 22.0. The van der Waals surface area contributed by atoms with E-state index in [9.17, 15) is 18.0 Å². The maximum atomic E-state index is 13.1. The van der Waals surface area contributed by atoms with Gasteiger partial charge in [-0.3, -0.25) is 9.59 Å². The van der Waals surface area contributed by atoms with Crippen molar-refractivity contribution in [3.8, 4) is 0 Å². The Morgan fingerprint density at radius 2 is 1.65 bits per heavy atom. The first-order valence-corrected chi connectivity index (χ1v) is 12.1. The fourth-order valence-electron chi connectivity index (χ4n) is 3.87. The first-order chi connectivity index (χ1) is 14.8. The lowest BCUT2D eigenvalue weighted by Gasteiger charge is -2.29. The number of amides is 2. The van der Waals surface area contributed by atoms with Crippen LogP contribution in [0.4, 0.5) is 0 Å². The highest BCUT2D eigenvalue weighted by atomic mass is 32.2. The van der Waals surface area contributed by atoms with Gasteiger partial charge in [0.15, 0.2) is 9.84 Å². The molecule has 1 atom stereocenters. The van der Waals surface area contributed by atoms with E-state index in [1.165, 1.54) is 4.90 Å². The number of hydrogen-bond acceptors (Lipinski definition) is 4. The molecule has 1 saturated heterocycles. The van der Waals surface area contributed by atoms with Gasteiger partial charge in [0.25, 0.3) is 5.91 Å². The van der Waals surface area contributed by atoms with Crippen LogP contribution in [-0.2, 0) is 21.2 Å². The van der Waals surface area contributed by atoms with Crippen molar-refractivity contribution in [2.75, 3.05) is 24.6 Å². The van der Waals surface area contributed by atoms with Crippen LogP contribution in [0.1, 0.15) is 23.0 Å². The monoisotopic (exact) mass is 439 g/mol. The largest absolute Gasteiger partial charge is 0.339 e. The standard InChI is InChI=1S/C23H25N3O4S/c1-17(23(28)25-11-13-31(29,30)14-12-25)24-22(27)21-15-19-9-5-6-10-20(19)26(21)16-18-7-3-2-4-8-18/h2-10,15,17H,11-14,16H2,1H3,(H,24,27). The van der Waals surface area contributed by atoms with E-state index in [1.807, 2.05) is 65.2 Å². The van der Waals surface area contributed by atoms with Crippen LogP contribution in [0, 0.1) is 0 Å². The van der Waals surface area contributed by atoms with Crippen molar-refractivity contribution in [2.45, 2.75) is 19.5 Å². The van der Waals surface area contributed by atoms with Gasteiger partial charge in [-0.1, -0.05) is 48.5 Å². The molecule has 0 bridgehead atoms. The minimum atomic E-state index is -3.08. The van der Waals surface area contributed by atoms with Gasteiger partial charge in [0.1, 0.15) is 11.7 Å².